The monoisotopic (exact) mass is 236 g/mol. The highest BCUT2D eigenvalue weighted by atomic mass is 32.2. The lowest BCUT2D eigenvalue weighted by Gasteiger charge is -2.32. The Kier molecular flexibility index (Phi) is 4.06. The molecule has 1 fully saturated rings. The predicted octanol–water partition coefficient (Wildman–Crippen LogP) is -0.786. The molecule has 6 nitrogen and oxygen atoms in total. The molecule has 0 spiro atoms. The van der Waals surface area contributed by atoms with E-state index in [-0.39, 0.29) is 12.3 Å². The van der Waals surface area contributed by atoms with Crippen LogP contribution in [0.1, 0.15) is 19.3 Å². The summed E-state index contributed by atoms with van der Waals surface area (Å²) in [4.78, 5) is 12.5. The maximum Gasteiger partial charge on any atom is 0.320 e. The van der Waals surface area contributed by atoms with Gasteiger partial charge in [0, 0.05) is 6.54 Å². The topological polar surface area (TPSA) is 101 Å². The highest BCUT2D eigenvalue weighted by Crippen LogP contribution is 2.16. The van der Waals surface area contributed by atoms with Gasteiger partial charge in [0.25, 0.3) is 0 Å². The number of nitrogens with zero attached hydrogens (tertiary/aromatic N) is 1. The van der Waals surface area contributed by atoms with Crippen molar-refractivity contribution in [3.8, 4) is 0 Å². The molecule has 0 aromatic carbocycles. The van der Waals surface area contributed by atoms with Crippen molar-refractivity contribution in [3.63, 3.8) is 0 Å². The lowest BCUT2D eigenvalue weighted by molar-refractivity contribution is -0.144. The minimum atomic E-state index is -3.51. The zero-order valence-electron chi connectivity index (χ0n) is 8.42. The number of carboxylic acids is 1. The van der Waals surface area contributed by atoms with Crippen LogP contribution in [0.5, 0.6) is 0 Å². The first-order chi connectivity index (χ1) is 6.90. The quantitative estimate of drug-likeness (QED) is 0.666. The Morgan fingerprint density at radius 1 is 1.47 bits per heavy atom. The third kappa shape index (κ3) is 4.15. The zero-order valence-corrected chi connectivity index (χ0v) is 9.24. The van der Waals surface area contributed by atoms with Gasteiger partial charge in [0.05, 0.1) is 5.75 Å². The van der Waals surface area contributed by atoms with Crippen LogP contribution in [-0.4, -0.2) is 49.3 Å². The standard InChI is InChI=1S/C8H16N2O4S/c9-15(13,14)6-5-10-4-2-1-3-7(10)8(11)12/h7H,1-6H2,(H,11,12)(H2,9,13,14). The van der Waals surface area contributed by atoms with Crippen molar-refractivity contribution in [2.75, 3.05) is 18.8 Å². The summed E-state index contributed by atoms with van der Waals surface area (Å²) in [5, 5.41) is 13.8. The molecule has 0 aromatic heterocycles. The molecule has 1 saturated heterocycles. The van der Waals surface area contributed by atoms with Crippen LogP contribution in [0.4, 0.5) is 0 Å². The molecule has 0 amide bonds. The molecule has 0 bridgehead atoms. The Morgan fingerprint density at radius 3 is 2.67 bits per heavy atom. The van der Waals surface area contributed by atoms with Gasteiger partial charge in [-0.2, -0.15) is 0 Å². The molecule has 1 heterocycles. The second kappa shape index (κ2) is 4.91. The van der Waals surface area contributed by atoms with Crippen LogP contribution < -0.4 is 5.14 Å². The van der Waals surface area contributed by atoms with Gasteiger partial charge in [-0.3, -0.25) is 9.69 Å². The maximum absolute atomic E-state index is 10.9. The number of likely N-dealkylation sites (tertiary alicyclic amines) is 1. The van der Waals surface area contributed by atoms with E-state index in [9.17, 15) is 13.2 Å². The van der Waals surface area contributed by atoms with Gasteiger partial charge in [-0.15, -0.1) is 0 Å². The molecule has 1 aliphatic rings. The number of hydrogen-bond donors (Lipinski definition) is 2. The van der Waals surface area contributed by atoms with E-state index in [2.05, 4.69) is 0 Å². The van der Waals surface area contributed by atoms with Crippen LogP contribution in [0.3, 0.4) is 0 Å². The van der Waals surface area contributed by atoms with E-state index in [1.54, 1.807) is 4.90 Å². The number of aliphatic carboxylic acids is 1. The second-order valence-electron chi connectivity index (χ2n) is 3.75. The molecular formula is C8H16N2O4S. The summed E-state index contributed by atoms with van der Waals surface area (Å²) in [6.07, 6.45) is 2.37. The number of primary sulfonamides is 1. The molecule has 0 aliphatic carbocycles. The van der Waals surface area contributed by atoms with Crippen LogP contribution in [-0.2, 0) is 14.8 Å². The highest BCUT2D eigenvalue weighted by Gasteiger charge is 2.28. The summed E-state index contributed by atoms with van der Waals surface area (Å²) in [5.74, 6) is -1.07. The zero-order chi connectivity index (χ0) is 11.5. The fourth-order valence-electron chi connectivity index (χ4n) is 1.78. The number of hydrogen-bond acceptors (Lipinski definition) is 4. The lowest BCUT2D eigenvalue weighted by atomic mass is 10.0. The van der Waals surface area contributed by atoms with Gasteiger partial charge in [-0.25, -0.2) is 13.6 Å². The fraction of sp³-hybridized carbons (Fsp3) is 0.875. The van der Waals surface area contributed by atoms with Crippen molar-refractivity contribution in [1.29, 1.82) is 0 Å². The molecule has 7 heteroatoms. The summed E-state index contributed by atoms with van der Waals surface area (Å²) < 4.78 is 21.5. The van der Waals surface area contributed by atoms with E-state index in [1.165, 1.54) is 0 Å². The number of nitrogens with two attached hydrogens (primary N) is 1. The van der Waals surface area contributed by atoms with Gasteiger partial charge >= 0.3 is 5.97 Å². The van der Waals surface area contributed by atoms with Crippen molar-refractivity contribution in [3.05, 3.63) is 0 Å². The van der Waals surface area contributed by atoms with Gasteiger partial charge in [0.15, 0.2) is 0 Å². The van der Waals surface area contributed by atoms with Crippen LogP contribution in [0.25, 0.3) is 0 Å². The van der Waals surface area contributed by atoms with Crippen molar-refractivity contribution in [2.45, 2.75) is 25.3 Å². The Morgan fingerprint density at radius 2 is 2.13 bits per heavy atom. The molecule has 1 unspecified atom stereocenters. The summed E-state index contributed by atoms with van der Waals surface area (Å²) in [7, 11) is -3.51. The molecule has 0 saturated carbocycles. The van der Waals surface area contributed by atoms with Gasteiger partial charge in [0.1, 0.15) is 6.04 Å². The second-order valence-corrected chi connectivity index (χ2v) is 5.49. The molecule has 0 aromatic rings. The lowest BCUT2D eigenvalue weighted by Crippen LogP contribution is -2.46. The van der Waals surface area contributed by atoms with E-state index < -0.39 is 22.0 Å². The fourth-order valence-corrected chi connectivity index (χ4v) is 2.27. The van der Waals surface area contributed by atoms with Gasteiger partial charge in [-0.1, -0.05) is 6.42 Å². The third-order valence-corrected chi connectivity index (χ3v) is 3.31. The first-order valence-electron chi connectivity index (χ1n) is 4.87. The molecule has 1 aliphatic heterocycles. The van der Waals surface area contributed by atoms with Gasteiger partial charge < -0.3 is 5.11 Å². The molecule has 3 N–H and O–H groups in total. The van der Waals surface area contributed by atoms with E-state index in [4.69, 9.17) is 10.2 Å². The summed E-state index contributed by atoms with van der Waals surface area (Å²) in [6, 6.07) is -0.555. The van der Waals surface area contributed by atoms with E-state index >= 15 is 0 Å². The SMILES string of the molecule is NS(=O)(=O)CCN1CCCCC1C(=O)O. The predicted molar refractivity (Wildman–Crippen MR) is 54.8 cm³/mol. The third-order valence-electron chi connectivity index (χ3n) is 2.56. The largest absolute Gasteiger partial charge is 0.480 e. The van der Waals surface area contributed by atoms with Crippen LogP contribution >= 0.6 is 0 Å². The van der Waals surface area contributed by atoms with E-state index in [0.717, 1.165) is 12.8 Å². The van der Waals surface area contributed by atoms with Crippen molar-refractivity contribution in [1.82, 2.24) is 4.90 Å². The molecule has 1 atom stereocenters. The molecule has 1 rings (SSSR count). The Labute approximate surface area is 89.1 Å². The minimum Gasteiger partial charge on any atom is -0.480 e. The normalized spacial score (nSPS) is 23.9. The number of sulfonamides is 1. The first-order valence-corrected chi connectivity index (χ1v) is 6.59. The maximum atomic E-state index is 10.9. The van der Waals surface area contributed by atoms with Gasteiger partial charge in [0.2, 0.25) is 10.0 Å². The highest BCUT2D eigenvalue weighted by molar-refractivity contribution is 7.89. The van der Waals surface area contributed by atoms with Crippen LogP contribution in [0, 0.1) is 0 Å². The van der Waals surface area contributed by atoms with Crippen LogP contribution in [0.2, 0.25) is 0 Å². The van der Waals surface area contributed by atoms with Crippen molar-refractivity contribution >= 4 is 16.0 Å². The number of carboxylic acid groups (broad SMARTS) is 1. The Balaban J connectivity index is 2.54. The van der Waals surface area contributed by atoms with Crippen molar-refractivity contribution in [2.24, 2.45) is 5.14 Å². The minimum absolute atomic E-state index is 0.184. The van der Waals surface area contributed by atoms with Crippen molar-refractivity contribution < 1.29 is 18.3 Å². The smallest absolute Gasteiger partial charge is 0.320 e. The molecule has 0 radical (unpaired) electrons. The number of piperidine rings is 1. The summed E-state index contributed by atoms with van der Waals surface area (Å²) in [6.45, 7) is 0.836. The summed E-state index contributed by atoms with van der Waals surface area (Å²) in [5.41, 5.74) is 0. The molecule has 88 valence electrons. The van der Waals surface area contributed by atoms with Gasteiger partial charge in [-0.05, 0) is 19.4 Å². The van der Waals surface area contributed by atoms with E-state index in [1.807, 2.05) is 0 Å². The Bertz CT molecular complexity index is 328. The average Bonchev–Trinajstić information content (AvgIpc) is 2.14. The number of rotatable bonds is 4. The Hall–Kier alpha value is -0.660. The van der Waals surface area contributed by atoms with Crippen LogP contribution in [0.15, 0.2) is 0 Å². The summed E-state index contributed by atoms with van der Waals surface area (Å²) >= 11 is 0. The van der Waals surface area contributed by atoms with E-state index in [0.29, 0.717) is 13.0 Å². The number of carbonyl (C=O) groups is 1. The molecule has 15 heavy (non-hydrogen) atoms. The average molecular weight is 236 g/mol. The molecular weight excluding hydrogens is 220 g/mol. The first kappa shape index (κ1) is 12.4.